The first-order chi connectivity index (χ1) is 7.70. The van der Waals surface area contributed by atoms with Crippen LogP contribution in [0, 0.1) is 6.92 Å². The van der Waals surface area contributed by atoms with Crippen LogP contribution in [0.25, 0.3) is 0 Å². The molecule has 0 aliphatic heterocycles. The average molecular weight is 279 g/mol. The second-order valence-corrected chi connectivity index (χ2v) is 4.43. The van der Waals surface area contributed by atoms with Crippen molar-refractivity contribution in [1.29, 1.82) is 0 Å². The number of aryl methyl sites for hydroxylation is 1. The van der Waals surface area contributed by atoms with E-state index in [2.05, 4.69) is 21.0 Å². The zero-order valence-corrected chi connectivity index (χ0v) is 10.4. The quantitative estimate of drug-likeness (QED) is 0.810. The molecule has 0 spiro atoms. The molecule has 2 aromatic rings. The Balaban J connectivity index is 2.27. The Hall–Kier alpha value is -1.42. The summed E-state index contributed by atoms with van der Waals surface area (Å²) in [5.74, 6) is 0. The van der Waals surface area contributed by atoms with E-state index in [1.54, 1.807) is 10.9 Å². The molecule has 0 amide bonds. The van der Waals surface area contributed by atoms with Crippen LogP contribution in [-0.4, -0.2) is 16.1 Å². The van der Waals surface area contributed by atoms with Gasteiger partial charge in [0.05, 0.1) is 17.8 Å². The summed E-state index contributed by atoms with van der Waals surface area (Å²) in [6.45, 7) is 2.50. The van der Waals surface area contributed by atoms with Crippen LogP contribution in [0.15, 0.2) is 34.9 Å². The van der Waals surface area contributed by atoms with Crippen LogP contribution in [-0.2, 0) is 6.54 Å². The van der Waals surface area contributed by atoms with Crippen molar-refractivity contribution in [2.24, 2.45) is 0 Å². The third-order valence-electron chi connectivity index (χ3n) is 2.40. The molecular formula is C12H11BrN2O. The zero-order valence-electron chi connectivity index (χ0n) is 8.85. The molecule has 0 atom stereocenters. The molecule has 0 fully saturated rings. The van der Waals surface area contributed by atoms with Gasteiger partial charge in [-0.25, -0.2) is 0 Å². The number of aromatic nitrogens is 2. The molecule has 4 heteroatoms. The second kappa shape index (κ2) is 4.61. The van der Waals surface area contributed by atoms with Crippen LogP contribution in [0.4, 0.5) is 0 Å². The molecule has 2 rings (SSSR count). The fraction of sp³-hybridized carbons (Fsp3) is 0.167. The lowest BCUT2D eigenvalue weighted by Gasteiger charge is -2.03. The predicted molar refractivity (Wildman–Crippen MR) is 65.6 cm³/mol. The van der Waals surface area contributed by atoms with Crippen molar-refractivity contribution >= 4 is 22.2 Å². The monoisotopic (exact) mass is 278 g/mol. The Kier molecular flexibility index (Phi) is 3.19. The van der Waals surface area contributed by atoms with Gasteiger partial charge < -0.3 is 0 Å². The Bertz CT molecular complexity index is 519. The minimum Gasteiger partial charge on any atom is -0.298 e. The van der Waals surface area contributed by atoms with Gasteiger partial charge in [0.25, 0.3) is 0 Å². The van der Waals surface area contributed by atoms with E-state index in [0.29, 0.717) is 12.1 Å². The Labute approximate surface area is 102 Å². The van der Waals surface area contributed by atoms with Crippen LogP contribution in [0.5, 0.6) is 0 Å². The third-order valence-corrected chi connectivity index (χ3v) is 3.18. The van der Waals surface area contributed by atoms with Gasteiger partial charge in [-0.05, 0) is 18.6 Å². The lowest BCUT2D eigenvalue weighted by atomic mass is 10.2. The summed E-state index contributed by atoms with van der Waals surface area (Å²) in [4.78, 5) is 10.7. The molecular weight excluding hydrogens is 268 g/mol. The summed E-state index contributed by atoms with van der Waals surface area (Å²) < 4.78 is 2.83. The summed E-state index contributed by atoms with van der Waals surface area (Å²) in [7, 11) is 0. The molecule has 3 nitrogen and oxygen atoms in total. The molecule has 16 heavy (non-hydrogen) atoms. The topological polar surface area (TPSA) is 34.9 Å². The van der Waals surface area contributed by atoms with Crippen LogP contribution in [0.3, 0.4) is 0 Å². The number of carbonyl (C=O) groups excluding carboxylic acids is 1. The van der Waals surface area contributed by atoms with E-state index in [0.717, 1.165) is 22.0 Å². The fourth-order valence-electron chi connectivity index (χ4n) is 1.53. The number of hydrogen-bond acceptors (Lipinski definition) is 2. The van der Waals surface area contributed by atoms with Crippen molar-refractivity contribution in [3.63, 3.8) is 0 Å². The van der Waals surface area contributed by atoms with Gasteiger partial charge in [-0.15, -0.1) is 0 Å². The number of nitrogens with zero attached hydrogens (tertiary/aromatic N) is 2. The predicted octanol–water partition coefficient (Wildman–Crippen LogP) is 2.81. The van der Waals surface area contributed by atoms with E-state index in [4.69, 9.17) is 0 Å². The van der Waals surface area contributed by atoms with Crippen molar-refractivity contribution in [2.75, 3.05) is 0 Å². The van der Waals surface area contributed by atoms with Gasteiger partial charge in [-0.2, -0.15) is 5.10 Å². The Morgan fingerprint density at radius 1 is 1.44 bits per heavy atom. The molecule has 0 radical (unpaired) electrons. The fourth-order valence-corrected chi connectivity index (χ4v) is 1.94. The first-order valence-corrected chi connectivity index (χ1v) is 5.72. The van der Waals surface area contributed by atoms with E-state index in [-0.39, 0.29) is 0 Å². The van der Waals surface area contributed by atoms with E-state index < -0.39 is 0 Å². The highest BCUT2D eigenvalue weighted by Crippen LogP contribution is 2.17. The minimum atomic E-state index is 0.645. The normalized spacial score (nSPS) is 10.4. The molecule has 0 saturated heterocycles. The van der Waals surface area contributed by atoms with Gasteiger partial charge in [0, 0.05) is 10.7 Å². The van der Waals surface area contributed by atoms with Crippen LogP contribution in [0.1, 0.15) is 21.6 Å². The van der Waals surface area contributed by atoms with E-state index in [9.17, 15) is 4.79 Å². The van der Waals surface area contributed by atoms with Gasteiger partial charge in [0.1, 0.15) is 0 Å². The Morgan fingerprint density at radius 3 is 2.81 bits per heavy atom. The highest BCUT2D eigenvalue weighted by atomic mass is 79.9. The lowest BCUT2D eigenvalue weighted by Crippen LogP contribution is -2.00. The maximum atomic E-state index is 10.7. The van der Waals surface area contributed by atoms with Gasteiger partial charge in [-0.1, -0.05) is 34.1 Å². The lowest BCUT2D eigenvalue weighted by molar-refractivity contribution is 0.112. The van der Waals surface area contributed by atoms with E-state index >= 15 is 0 Å². The van der Waals surface area contributed by atoms with Crippen molar-refractivity contribution in [3.05, 3.63) is 51.8 Å². The van der Waals surface area contributed by atoms with E-state index in [1.165, 1.54) is 0 Å². The summed E-state index contributed by atoms with van der Waals surface area (Å²) >= 11 is 3.49. The smallest absolute Gasteiger partial charge is 0.153 e. The molecule has 0 unspecified atom stereocenters. The molecule has 1 aromatic carbocycles. The standard InChI is InChI=1S/C12H11BrN2O/c1-9-11(8-16)7-15(14-9)6-10-4-2-3-5-12(10)13/h2-5,7-8H,6H2,1H3. The van der Waals surface area contributed by atoms with Crippen LogP contribution in [0.2, 0.25) is 0 Å². The number of benzene rings is 1. The van der Waals surface area contributed by atoms with Crippen molar-refractivity contribution in [3.8, 4) is 0 Å². The van der Waals surface area contributed by atoms with Crippen LogP contribution >= 0.6 is 15.9 Å². The molecule has 1 aromatic heterocycles. The molecule has 0 saturated carbocycles. The van der Waals surface area contributed by atoms with Crippen molar-refractivity contribution in [1.82, 2.24) is 9.78 Å². The summed E-state index contributed by atoms with van der Waals surface area (Å²) in [5.41, 5.74) is 2.55. The molecule has 0 bridgehead atoms. The van der Waals surface area contributed by atoms with Gasteiger partial charge >= 0.3 is 0 Å². The summed E-state index contributed by atoms with van der Waals surface area (Å²) in [5, 5.41) is 4.28. The number of rotatable bonds is 3. The largest absolute Gasteiger partial charge is 0.298 e. The summed E-state index contributed by atoms with van der Waals surface area (Å²) in [6, 6.07) is 7.98. The van der Waals surface area contributed by atoms with Crippen molar-refractivity contribution in [2.45, 2.75) is 13.5 Å². The SMILES string of the molecule is Cc1nn(Cc2ccccc2Br)cc1C=O. The van der Waals surface area contributed by atoms with Crippen molar-refractivity contribution < 1.29 is 4.79 Å². The first kappa shape index (κ1) is 11.1. The van der Waals surface area contributed by atoms with Gasteiger partial charge in [0.2, 0.25) is 0 Å². The molecule has 82 valence electrons. The Morgan fingerprint density at radius 2 is 2.19 bits per heavy atom. The number of hydrogen-bond donors (Lipinski definition) is 0. The zero-order chi connectivity index (χ0) is 11.5. The molecule has 0 N–H and O–H groups in total. The van der Waals surface area contributed by atoms with E-state index in [1.807, 2.05) is 31.2 Å². The summed E-state index contributed by atoms with van der Waals surface area (Å²) in [6.07, 6.45) is 2.60. The third kappa shape index (κ3) is 2.22. The van der Waals surface area contributed by atoms with Gasteiger partial charge in [-0.3, -0.25) is 9.48 Å². The van der Waals surface area contributed by atoms with Crippen LogP contribution < -0.4 is 0 Å². The number of aldehydes is 1. The second-order valence-electron chi connectivity index (χ2n) is 3.58. The first-order valence-electron chi connectivity index (χ1n) is 4.93. The minimum absolute atomic E-state index is 0.645. The molecule has 1 heterocycles. The highest BCUT2D eigenvalue weighted by molar-refractivity contribution is 9.10. The number of carbonyl (C=O) groups is 1. The van der Waals surface area contributed by atoms with Gasteiger partial charge in [0.15, 0.2) is 6.29 Å². The average Bonchev–Trinajstić information content (AvgIpc) is 2.62. The molecule has 0 aliphatic rings. The molecule has 0 aliphatic carbocycles. The number of halogens is 1. The maximum Gasteiger partial charge on any atom is 0.153 e. The maximum absolute atomic E-state index is 10.7. The highest BCUT2D eigenvalue weighted by Gasteiger charge is 2.05.